The number of anilines is 1. The molecule has 0 aliphatic carbocycles. The molecule has 1 saturated heterocycles. The Bertz CT molecular complexity index is 1020. The van der Waals surface area contributed by atoms with Crippen LogP contribution in [0.15, 0.2) is 35.2 Å². The molecule has 0 bridgehead atoms. The predicted molar refractivity (Wildman–Crippen MR) is 123 cm³/mol. The van der Waals surface area contributed by atoms with Gasteiger partial charge in [0.15, 0.2) is 4.34 Å². The van der Waals surface area contributed by atoms with Gasteiger partial charge in [0, 0.05) is 24.4 Å². The van der Waals surface area contributed by atoms with Crippen LogP contribution in [0.1, 0.15) is 12.8 Å². The topological polar surface area (TPSA) is 139 Å². The standard InChI is InChI=1S/C20H23N5O5S2/c1-2-8-30-19(29)21-7-9-31-20-25-13-4-3-12(10-15(13)32-20)23-17(27)11-22-18(28)14-5-6-16(26)24-14/h2-4,10,14H,1,5-9,11H2,(H,21,29)(H,22,28)(H,23,27)(H,24,26). The van der Waals surface area contributed by atoms with Gasteiger partial charge in [-0.15, -0.1) is 11.3 Å². The highest BCUT2D eigenvalue weighted by atomic mass is 32.2. The molecule has 0 radical (unpaired) electrons. The largest absolute Gasteiger partial charge is 0.445 e. The van der Waals surface area contributed by atoms with Crippen molar-refractivity contribution in [3.8, 4) is 0 Å². The number of amides is 4. The summed E-state index contributed by atoms with van der Waals surface area (Å²) < 4.78 is 6.58. The monoisotopic (exact) mass is 477 g/mol. The van der Waals surface area contributed by atoms with Gasteiger partial charge in [0.1, 0.15) is 12.6 Å². The van der Waals surface area contributed by atoms with E-state index in [1.165, 1.54) is 29.2 Å². The van der Waals surface area contributed by atoms with Crippen molar-refractivity contribution < 1.29 is 23.9 Å². The van der Waals surface area contributed by atoms with Crippen LogP contribution in [0.3, 0.4) is 0 Å². The number of aromatic nitrogens is 1. The fraction of sp³-hybridized carbons (Fsp3) is 0.350. The lowest BCUT2D eigenvalue weighted by Gasteiger charge is -2.11. The number of carbonyl (C=O) groups excluding carboxylic acids is 4. The lowest BCUT2D eigenvalue weighted by atomic mass is 10.2. The molecule has 1 aromatic carbocycles. The van der Waals surface area contributed by atoms with E-state index in [1.807, 2.05) is 12.1 Å². The molecule has 1 aliphatic rings. The number of ether oxygens (including phenoxy) is 1. The highest BCUT2D eigenvalue weighted by molar-refractivity contribution is 8.01. The van der Waals surface area contributed by atoms with Crippen LogP contribution in [0.5, 0.6) is 0 Å². The number of fused-ring (bicyclic) bond motifs is 1. The van der Waals surface area contributed by atoms with Gasteiger partial charge in [-0.2, -0.15) is 0 Å². The van der Waals surface area contributed by atoms with Crippen molar-refractivity contribution in [2.24, 2.45) is 0 Å². The summed E-state index contributed by atoms with van der Waals surface area (Å²) in [6.07, 6.45) is 1.76. The first-order chi connectivity index (χ1) is 15.4. The van der Waals surface area contributed by atoms with E-state index in [-0.39, 0.29) is 30.9 Å². The molecular weight excluding hydrogens is 454 g/mol. The van der Waals surface area contributed by atoms with Crippen molar-refractivity contribution in [1.82, 2.24) is 20.9 Å². The average molecular weight is 478 g/mol. The molecule has 1 atom stereocenters. The van der Waals surface area contributed by atoms with Crippen LogP contribution in [0.25, 0.3) is 10.2 Å². The first-order valence-corrected chi connectivity index (χ1v) is 11.7. The molecule has 0 saturated carbocycles. The van der Waals surface area contributed by atoms with Crippen molar-refractivity contribution in [2.75, 3.05) is 30.8 Å². The third kappa shape index (κ3) is 6.95. The third-order valence-corrected chi connectivity index (χ3v) is 6.48. The molecule has 4 N–H and O–H groups in total. The summed E-state index contributed by atoms with van der Waals surface area (Å²) >= 11 is 2.99. The van der Waals surface area contributed by atoms with Crippen molar-refractivity contribution in [3.05, 3.63) is 30.9 Å². The molecule has 3 rings (SSSR count). The Morgan fingerprint density at radius 3 is 2.94 bits per heavy atom. The van der Waals surface area contributed by atoms with Crippen LogP contribution in [0.2, 0.25) is 0 Å². The first-order valence-electron chi connectivity index (χ1n) is 9.86. The Hall–Kier alpha value is -3.12. The molecule has 1 aromatic heterocycles. The van der Waals surface area contributed by atoms with Gasteiger partial charge in [-0.3, -0.25) is 14.4 Å². The SMILES string of the molecule is C=CCOC(=O)NCCSc1nc2ccc(NC(=O)CNC(=O)C3CCC(=O)N3)cc2s1. The second-order valence-electron chi connectivity index (χ2n) is 6.75. The zero-order valence-corrected chi connectivity index (χ0v) is 18.8. The van der Waals surface area contributed by atoms with Crippen molar-refractivity contribution >= 4 is 62.8 Å². The van der Waals surface area contributed by atoms with E-state index in [1.54, 1.807) is 6.07 Å². The first kappa shape index (κ1) is 23.5. The van der Waals surface area contributed by atoms with Crippen LogP contribution in [0.4, 0.5) is 10.5 Å². The van der Waals surface area contributed by atoms with E-state index >= 15 is 0 Å². The number of thiazole rings is 1. The van der Waals surface area contributed by atoms with Gasteiger partial charge in [-0.1, -0.05) is 24.4 Å². The lowest BCUT2D eigenvalue weighted by Crippen LogP contribution is -2.44. The number of nitrogens with one attached hydrogen (secondary N) is 4. The minimum absolute atomic E-state index is 0.160. The fourth-order valence-electron chi connectivity index (χ4n) is 2.83. The van der Waals surface area contributed by atoms with Crippen LogP contribution in [-0.2, 0) is 19.1 Å². The summed E-state index contributed by atoms with van der Waals surface area (Å²) in [5, 5.41) is 10.5. The lowest BCUT2D eigenvalue weighted by molar-refractivity contribution is -0.127. The Kier molecular flexibility index (Phi) is 8.45. The van der Waals surface area contributed by atoms with Gasteiger partial charge in [0.2, 0.25) is 17.7 Å². The Balaban J connectivity index is 1.44. The Morgan fingerprint density at radius 1 is 1.34 bits per heavy atom. The van der Waals surface area contributed by atoms with Gasteiger partial charge in [0.05, 0.1) is 16.8 Å². The van der Waals surface area contributed by atoms with Crippen LogP contribution in [0, 0.1) is 0 Å². The Morgan fingerprint density at radius 2 is 2.19 bits per heavy atom. The van der Waals surface area contributed by atoms with Crippen molar-refractivity contribution in [2.45, 2.75) is 23.2 Å². The number of alkyl carbamates (subject to hydrolysis) is 1. The minimum atomic E-state index is -0.576. The zero-order chi connectivity index (χ0) is 22.9. The van der Waals surface area contributed by atoms with E-state index in [9.17, 15) is 19.2 Å². The highest BCUT2D eigenvalue weighted by Gasteiger charge is 2.27. The number of rotatable bonds is 10. The summed E-state index contributed by atoms with van der Waals surface area (Å²) in [5.41, 5.74) is 1.40. The summed E-state index contributed by atoms with van der Waals surface area (Å²) in [6.45, 7) is 3.90. The molecule has 170 valence electrons. The third-order valence-electron chi connectivity index (χ3n) is 4.32. The molecule has 12 heteroatoms. The van der Waals surface area contributed by atoms with E-state index in [0.717, 1.165) is 14.6 Å². The minimum Gasteiger partial charge on any atom is -0.445 e. The van der Waals surface area contributed by atoms with Gasteiger partial charge in [0.25, 0.3) is 0 Å². The average Bonchev–Trinajstić information content (AvgIpc) is 3.39. The molecule has 0 spiro atoms. The molecule has 1 fully saturated rings. The molecule has 2 aromatic rings. The van der Waals surface area contributed by atoms with Gasteiger partial charge < -0.3 is 26.0 Å². The van der Waals surface area contributed by atoms with Gasteiger partial charge in [-0.05, 0) is 24.6 Å². The van der Waals surface area contributed by atoms with Crippen molar-refractivity contribution in [3.63, 3.8) is 0 Å². The van der Waals surface area contributed by atoms with E-state index in [4.69, 9.17) is 4.74 Å². The molecule has 2 heterocycles. The zero-order valence-electron chi connectivity index (χ0n) is 17.1. The van der Waals surface area contributed by atoms with E-state index < -0.39 is 12.1 Å². The van der Waals surface area contributed by atoms with Crippen LogP contribution >= 0.6 is 23.1 Å². The molecular formula is C20H23N5O5S2. The smallest absolute Gasteiger partial charge is 0.407 e. The number of carbonyl (C=O) groups is 4. The highest BCUT2D eigenvalue weighted by Crippen LogP contribution is 2.31. The number of benzene rings is 1. The Labute approximate surface area is 192 Å². The van der Waals surface area contributed by atoms with Gasteiger partial charge >= 0.3 is 6.09 Å². The number of hydrogen-bond acceptors (Lipinski definition) is 8. The summed E-state index contributed by atoms with van der Waals surface area (Å²) in [6, 6.07) is 4.79. The normalized spacial score (nSPS) is 15.1. The number of nitrogens with zero attached hydrogens (tertiary/aromatic N) is 1. The predicted octanol–water partition coefficient (Wildman–Crippen LogP) is 1.63. The van der Waals surface area contributed by atoms with E-state index in [2.05, 4.69) is 32.8 Å². The van der Waals surface area contributed by atoms with Gasteiger partial charge in [-0.25, -0.2) is 9.78 Å². The van der Waals surface area contributed by atoms with E-state index in [0.29, 0.717) is 30.8 Å². The fourth-order valence-corrected chi connectivity index (χ4v) is 4.86. The quantitative estimate of drug-likeness (QED) is 0.232. The molecule has 10 nitrogen and oxygen atoms in total. The number of hydrogen-bond donors (Lipinski definition) is 4. The van der Waals surface area contributed by atoms with Crippen molar-refractivity contribution in [1.29, 1.82) is 0 Å². The second kappa shape index (κ2) is 11.5. The summed E-state index contributed by atoms with van der Waals surface area (Å²) in [4.78, 5) is 51.2. The van der Waals surface area contributed by atoms with Crippen LogP contribution < -0.4 is 21.3 Å². The molecule has 32 heavy (non-hydrogen) atoms. The van der Waals surface area contributed by atoms with Crippen LogP contribution in [-0.4, -0.2) is 60.3 Å². The molecule has 1 unspecified atom stereocenters. The maximum Gasteiger partial charge on any atom is 0.407 e. The maximum atomic E-state index is 12.2. The summed E-state index contributed by atoms with van der Waals surface area (Å²) in [5.74, 6) is -0.259. The molecule has 1 aliphatic heterocycles. The number of thioether (sulfide) groups is 1. The second-order valence-corrected chi connectivity index (χ2v) is 9.12. The maximum absolute atomic E-state index is 12.2. The molecule has 4 amide bonds. The summed E-state index contributed by atoms with van der Waals surface area (Å²) in [7, 11) is 0.